The minimum atomic E-state index is 0. The molecule has 0 fully saturated rings. The summed E-state index contributed by atoms with van der Waals surface area (Å²) in [6.45, 7) is 0. The van der Waals surface area contributed by atoms with Crippen molar-refractivity contribution in [3.8, 4) is 0 Å². The summed E-state index contributed by atoms with van der Waals surface area (Å²) < 4.78 is 0. The van der Waals surface area contributed by atoms with Gasteiger partial charge in [-0.1, -0.05) is 0 Å². The van der Waals surface area contributed by atoms with E-state index in [-0.39, 0.29) is 164 Å². The average molecular weight is 340 g/mol. The van der Waals surface area contributed by atoms with Gasteiger partial charge in [0, 0.05) is 0 Å². The zero-order valence-electron chi connectivity index (χ0n) is 6.98. The van der Waals surface area contributed by atoms with Crippen molar-refractivity contribution in [3.63, 3.8) is 0 Å². The van der Waals surface area contributed by atoms with E-state index in [0.29, 0.717) is 0 Å². The fraction of sp³-hybridized carbons (Fsp3) is 0. The minimum Gasteiger partial charge on any atom is -1.00 e. The molecule has 88 valence electrons. The summed E-state index contributed by atoms with van der Waals surface area (Å²) in [6, 6.07) is 0. The van der Waals surface area contributed by atoms with Crippen LogP contribution >= 0.6 is 0 Å². The van der Waals surface area contributed by atoms with Crippen LogP contribution < -0.4 is 63.8 Å². The summed E-state index contributed by atoms with van der Waals surface area (Å²) in [5.41, 5.74) is 0. The molecule has 0 unspecified atom stereocenters. The Morgan fingerprint density at radius 1 is 0.385 bits per heavy atom. The van der Waals surface area contributed by atoms with Gasteiger partial charge in [-0.3, -0.25) is 0 Å². The summed E-state index contributed by atoms with van der Waals surface area (Å²) in [6.07, 6.45) is 0. The Morgan fingerprint density at radius 3 is 0.385 bits per heavy atom. The maximum absolute atomic E-state index is 0. The van der Waals surface area contributed by atoms with Crippen LogP contribution in [0.25, 0.3) is 0 Å². The van der Waals surface area contributed by atoms with Crippen LogP contribution in [-0.4, -0.2) is 100 Å². The molecule has 0 aliphatic carbocycles. The Labute approximate surface area is 161 Å². The second-order valence-electron chi connectivity index (χ2n) is 0. The predicted octanol–water partition coefficient (Wildman–Crippen LogP) is -13.3. The molecular weight excluding hydrogens is 322 g/mol. The van der Waals surface area contributed by atoms with E-state index < -0.39 is 0 Å². The Balaban J connectivity index is 0. The molecule has 0 saturated carbocycles. The molecule has 0 aromatic carbocycles. The molecule has 0 heterocycles. The summed E-state index contributed by atoms with van der Waals surface area (Å²) in [4.78, 5) is 0. The average Bonchev–Trinajstić information content (AvgIpc) is 0. The third kappa shape index (κ3) is 281. The Morgan fingerprint density at radius 2 is 0.385 bits per heavy atom. The van der Waals surface area contributed by atoms with Gasteiger partial charge in [0.1, 0.15) is 0 Å². The fourth-order valence-corrected chi connectivity index (χ4v) is 0. The molecule has 0 rings (SSSR count). The first kappa shape index (κ1) is 399. The van der Waals surface area contributed by atoms with E-state index in [1.807, 2.05) is 0 Å². The van der Waals surface area contributed by atoms with E-state index in [9.17, 15) is 0 Å². The summed E-state index contributed by atoms with van der Waals surface area (Å²) in [5.74, 6) is 0. The van der Waals surface area contributed by atoms with Crippen molar-refractivity contribution in [1.29, 1.82) is 0 Å². The van der Waals surface area contributed by atoms with Gasteiger partial charge in [-0.15, -0.1) is 0 Å². The molecule has 0 amide bonds. The van der Waals surface area contributed by atoms with Crippen molar-refractivity contribution in [3.05, 3.63) is 0 Å². The standard InChI is InChI=1S/ClH.K.10H2O.Sr/h1H;;10*1H2;/q;+1;;;;;;;;;;;+2/p-3. The smallest absolute Gasteiger partial charge is 1.00 e. The zero-order valence-corrected chi connectivity index (χ0v) is 14.3. The molecule has 0 spiro atoms. The van der Waals surface area contributed by atoms with E-state index >= 15 is 0 Å². The van der Waals surface area contributed by atoms with Crippen molar-refractivity contribution in [2.24, 2.45) is 0 Å². The number of hydrogen-bond donors (Lipinski definition) is 0. The number of halogens is 1. The van der Waals surface area contributed by atoms with Gasteiger partial charge in [0.25, 0.3) is 0 Å². The van der Waals surface area contributed by atoms with Gasteiger partial charge in [-0.05, 0) is 0 Å². The molecule has 0 aliphatic heterocycles. The molecule has 18 N–H and O–H groups in total. The Bertz CT molecular complexity index is 14.9. The third-order valence-corrected chi connectivity index (χ3v) is 0. The Kier molecular flexibility index (Phi) is 9990. The molecule has 0 aromatic rings. The molecule has 0 aromatic heterocycles. The van der Waals surface area contributed by atoms with E-state index in [2.05, 4.69) is 0 Å². The molecule has 0 aliphatic rings. The largest absolute Gasteiger partial charge is 2.00 e. The number of rotatable bonds is 0. The number of hydrogen-bond acceptors (Lipinski definition) is 2. The van der Waals surface area contributed by atoms with E-state index in [0.717, 1.165) is 0 Å². The molecule has 0 saturated heterocycles. The maximum Gasteiger partial charge on any atom is 2.00 e. The van der Waals surface area contributed by atoms with Crippen LogP contribution in [0.3, 0.4) is 0 Å². The van der Waals surface area contributed by atoms with E-state index in [1.165, 1.54) is 0 Å². The van der Waals surface area contributed by atoms with Crippen molar-refractivity contribution >= 4 is 45.5 Å². The first-order valence-corrected chi connectivity index (χ1v) is 0. The SMILES string of the molecule is O.O.O.O.O.O.O.O.[Cl-].[K+].[OH-].[OH-].[Sr+2]. The van der Waals surface area contributed by atoms with Crippen molar-refractivity contribution in [2.75, 3.05) is 0 Å². The first-order chi connectivity index (χ1) is 0. The van der Waals surface area contributed by atoms with Gasteiger partial charge in [-0.2, -0.15) is 0 Å². The van der Waals surface area contributed by atoms with Crippen molar-refractivity contribution < 1.29 is 119 Å². The summed E-state index contributed by atoms with van der Waals surface area (Å²) in [7, 11) is 0. The van der Waals surface area contributed by atoms with Crippen LogP contribution in [0.2, 0.25) is 0 Å². The fourth-order valence-electron chi connectivity index (χ4n) is 0. The van der Waals surface area contributed by atoms with Gasteiger partial charge in [-0.25, -0.2) is 0 Å². The third-order valence-electron chi connectivity index (χ3n) is 0. The van der Waals surface area contributed by atoms with Crippen LogP contribution in [0, 0.1) is 0 Å². The van der Waals surface area contributed by atoms with Gasteiger partial charge < -0.3 is 67.2 Å². The van der Waals surface area contributed by atoms with Crippen molar-refractivity contribution in [2.45, 2.75) is 0 Å². The monoisotopic (exact) mass is 340 g/mol. The van der Waals surface area contributed by atoms with Crippen LogP contribution in [0.5, 0.6) is 0 Å². The molecule has 13 heteroatoms. The molecular formula is H18ClKO10Sr. The first-order valence-electron chi connectivity index (χ1n) is 0. The second-order valence-corrected chi connectivity index (χ2v) is 0. The van der Waals surface area contributed by atoms with Gasteiger partial charge >= 0.3 is 96.9 Å². The van der Waals surface area contributed by atoms with E-state index in [4.69, 9.17) is 0 Å². The van der Waals surface area contributed by atoms with Crippen LogP contribution in [-0.2, 0) is 0 Å². The second kappa shape index (κ2) is 326. The van der Waals surface area contributed by atoms with E-state index in [1.54, 1.807) is 0 Å². The quantitative estimate of drug-likeness (QED) is 0.387. The van der Waals surface area contributed by atoms with Gasteiger partial charge in [0.15, 0.2) is 0 Å². The Hall–Kier alpha value is 3.01. The minimum absolute atomic E-state index is 0. The van der Waals surface area contributed by atoms with Crippen LogP contribution in [0.1, 0.15) is 0 Å². The summed E-state index contributed by atoms with van der Waals surface area (Å²) in [5, 5.41) is 0. The van der Waals surface area contributed by atoms with Crippen molar-refractivity contribution in [1.82, 2.24) is 0 Å². The molecule has 13 heavy (non-hydrogen) atoms. The zero-order chi connectivity index (χ0) is 0. The van der Waals surface area contributed by atoms with Gasteiger partial charge in [0.05, 0.1) is 0 Å². The maximum atomic E-state index is 0. The van der Waals surface area contributed by atoms with Gasteiger partial charge in [0.2, 0.25) is 0 Å². The molecule has 0 atom stereocenters. The topological polar surface area (TPSA) is 312 Å². The normalized spacial score (nSPS) is 0. The molecule has 0 bridgehead atoms. The predicted molar refractivity (Wildman–Crippen MR) is 38.5 cm³/mol. The van der Waals surface area contributed by atoms with Crippen LogP contribution in [0.15, 0.2) is 0 Å². The van der Waals surface area contributed by atoms with Crippen LogP contribution in [0.4, 0.5) is 0 Å². The molecule has 10 nitrogen and oxygen atoms in total. The molecule has 0 radical (unpaired) electrons. The summed E-state index contributed by atoms with van der Waals surface area (Å²) >= 11 is 0.